The van der Waals surface area contributed by atoms with Gasteiger partial charge in [0.1, 0.15) is 5.01 Å². The predicted molar refractivity (Wildman–Crippen MR) is 95.6 cm³/mol. The van der Waals surface area contributed by atoms with Gasteiger partial charge in [0.15, 0.2) is 0 Å². The summed E-state index contributed by atoms with van der Waals surface area (Å²) in [7, 11) is 0. The Balaban J connectivity index is 1.69. The molecule has 2 aromatic carbocycles. The maximum atomic E-state index is 12.6. The monoisotopic (exact) mass is 324 g/mol. The van der Waals surface area contributed by atoms with Gasteiger partial charge in [0.2, 0.25) is 5.91 Å². The van der Waals surface area contributed by atoms with Gasteiger partial charge >= 0.3 is 0 Å². The van der Waals surface area contributed by atoms with Gasteiger partial charge in [0.25, 0.3) is 0 Å². The Morgan fingerprint density at radius 3 is 2.61 bits per heavy atom. The van der Waals surface area contributed by atoms with Crippen molar-refractivity contribution < 1.29 is 4.79 Å². The molecule has 0 fully saturated rings. The summed E-state index contributed by atoms with van der Waals surface area (Å²) >= 11 is 1.63. The van der Waals surface area contributed by atoms with E-state index in [0.29, 0.717) is 6.54 Å². The minimum absolute atomic E-state index is 0.0808. The topological polar surface area (TPSA) is 42.0 Å². The smallest absolute Gasteiger partial charge is 0.227 e. The van der Waals surface area contributed by atoms with Gasteiger partial charge in [-0.1, -0.05) is 55.8 Å². The summed E-state index contributed by atoms with van der Waals surface area (Å²) in [6.07, 6.45) is 1.84. The van der Waals surface area contributed by atoms with Gasteiger partial charge in [-0.2, -0.15) is 0 Å². The number of fused-ring (bicyclic) bond motifs is 1. The van der Waals surface area contributed by atoms with Gasteiger partial charge in [-0.3, -0.25) is 4.79 Å². The summed E-state index contributed by atoms with van der Waals surface area (Å²) in [4.78, 5) is 17.2. The molecule has 0 aliphatic heterocycles. The van der Waals surface area contributed by atoms with E-state index in [9.17, 15) is 4.79 Å². The highest BCUT2D eigenvalue weighted by atomic mass is 32.1. The van der Waals surface area contributed by atoms with Gasteiger partial charge in [-0.15, -0.1) is 11.3 Å². The van der Waals surface area contributed by atoms with Crippen molar-refractivity contribution in [3.05, 3.63) is 65.2 Å². The number of thiazole rings is 1. The van der Waals surface area contributed by atoms with Crippen LogP contribution in [0.4, 0.5) is 0 Å². The van der Waals surface area contributed by atoms with E-state index in [1.165, 1.54) is 0 Å². The Labute approximate surface area is 140 Å². The number of aromatic nitrogens is 1. The Kier molecular flexibility index (Phi) is 5.03. The molecule has 0 saturated carbocycles. The van der Waals surface area contributed by atoms with Crippen LogP contribution in [0.15, 0.2) is 54.6 Å². The van der Waals surface area contributed by atoms with Crippen LogP contribution in [0.1, 0.15) is 36.3 Å². The van der Waals surface area contributed by atoms with Gasteiger partial charge < -0.3 is 5.32 Å². The highest BCUT2D eigenvalue weighted by Crippen LogP contribution is 2.23. The first kappa shape index (κ1) is 15.7. The first-order chi connectivity index (χ1) is 11.3. The molecule has 3 nitrogen and oxygen atoms in total. The normalized spacial score (nSPS) is 12.2. The summed E-state index contributed by atoms with van der Waals surface area (Å²) in [6, 6.07) is 18.0. The number of amides is 1. The van der Waals surface area contributed by atoms with Crippen LogP contribution in [0.5, 0.6) is 0 Å². The Morgan fingerprint density at radius 1 is 1.13 bits per heavy atom. The molecule has 0 aliphatic rings. The van der Waals surface area contributed by atoms with Crippen molar-refractivity contribution in [3.63, 3.8) is 0 Å². The average molecular weight is 324 g/mol. The molecule has 1 atom stereocenters. The van der Waals surface area contributed by atoms with Crippen molar-refractivity contribution in [2.75, 3.05) is 0 Å². The average Bonchev–Trinajstić information content (AvgIpc) is 3.01. The molecule has 4 heteroatoms. The number of rotatable bonds is 6. The van der Waals surface area contributed by atoms with E-state index in [2.05, 4.69) is 23.3 Å². The van der Waals surface area contributed by atoms with Gasteiger partial charge in [-0.05, 0) is 24.1 Å². The first-order valence-electron chi connectivity index (χ1n) is 7.95. The van der Waals surface area contributed by atoms with Crippen LogP contribution in [0.25, 0.3) is 10.2 Å². The Hall–Kier alpha value is -2.20. The molecule has 0 bridgehead atoms. The first-order valence-corrected chi connectivity index (χ1v) is 8.76. The molecule has 0 saturated heterocycles. The van der Waals surface area contributed by atoms with E-state index in [1.807, 2.05) is 48.5 Å². The lowest BCUT2D eigenvalue weighted by Gasteiger charge is -2.16. The minimum Gasteiger partial charge on any atom is -0.349 e. The van der Waals surface area contributed by atoms with Gasteiger partial charge in [0, 0.05) is 0 Å². The molecule has 118 valence electrons. The SMILES string of the molecule is CCCC(C(=O)NCc1nc2ccccc2s1)c1ccccc1. The Morgan fingerprint density at radius 2 is 1.87 bits per heavy atom. The van der Waals surface area contributed by atoms with Crippen LogP contribution in [0.3, 0.4) is 0 Å². The lowest BCUT2D eigenvalue weighted by molar-refractivity contribution is -0.122. The number of carbonyl (C=O) groups is 1. The highest BCUT2D eigenvalue weighted by molar-refractivity contribution is 7.18. The van der Waals surface area contributed by atoms with Crippen molar-refractivity contribution in [1.82, 2.24) is 10.3 Å². The van der Waals surface area contributed by atoms with E-state index < -0.39 is 0 Å². The largest absolute Gasteiger partial charge is 0.349 e. The molecule has 0 radical (unpaired) electrons. The van der Waals surface area contributed by atoms with Crippen molar-refractivity contribution in [1.29, 1.82) is 0 Å². The summed E-state index contributed by atoms with van der Waals surface area (Å²) in [5.41, 5.74) is 2.08. The zero-order valence-electron chi connectivity index (χ0n) is 13.2. The van der Waals surface area contributed by atoms with E-state index in [4.69, 9.17) is 0 Å². The summed E-state index contributed by atoms with van der Waals surface area (Å²) in [5.74, 6) is -0.00659. The number of hydrogen-bond donors (Lipinski definition) is 1. The van der Waals surface area contributed by atoms with Crippen LogP contribution in [0, 0.1) is 0 Å². The fraction of sp³-hybridized carbons (Fsp3) is 0.263. The van der Waals surface area contributed by atoms with E-state index in [0.717, 1.165) is 33.6 Å². The molecule has 3 rings (SSSR count). The van der Waals surface area contributed by atoms with Crippen molar-refractivity contribution in [2.24, 2.45) is 0 Å². The van der Waals surface area contributed by atoms with Crippen LogP contribution < -0.4 is 5.32 Å². The van der Waals surface area contributed by atoms with Crippen LogP contribution in [-0.2, 0) is 11.3 Å². The number of benzene rings is 2. The van der Waals surface area contributed by atoms with Gasteiger partial charge in [-0.25, -0.2) is 4.98 Å². The third kappa shape index (κ3) is 3.77. The molecule has 1 aromatic heterocycles. The standard InChI is InChI=1S/C19H20N2OS/c1-2-8-15(14-9-4-3-5-10-14)19(22)20-13-18-21-16-11-6-7-12-17(16)23-18/h3-7,9-12,15H,2,8,13H2,1H3,(H,20,22). The molecule has 1 heterocycles. The molecule has 0 spiro atoms. The van der Waals surface area contributed by atoms with Crippen molar-refractivity contribution >= 4 is 27.5 Å². The summed E-state index contributed by atoms with van der Waals surface area (Å²) < 4.78 is 1.16. The number of carbonyl (C=O) groups excluding carboxylic acids is 1. The molecule has 1 amide bonds. The number of hydrogen-bond acceptors (Lipinski definition) is 3. The van der Waals surface area contributed by atoms with Crippen molar-refractivity contribution in [2.45, 2.75) is 32.2 Å². The van der Waals surface area contributed by atoms with E-state index >= 15 is 0 Å². The van der Waals surface area contributed by atoms with E-state index in [1.54, 1.807) is 11.3 Å². The Bertz CT molecular complexity index is 749. The number of nitrogens with one attached hydrogen (secondary N) is 1. The lowest BCUT2D eigenvalue weighted by Crippen LogP contribution is -2.28. The molecule has 23 heavy (non-hydrogen) atoms. The fourth-order valence-electron chi connectivity index (χ4n) is 2.70. The molecule has 1 unspecified atom stereocenters. The predicted octanol–water partition coefficient (Wildman–Crippen LogP) is 4.50. The third-order valence-corrected chi connectivity index (χ3v) is 4.88. The molecule has 3 aromatic rings. The van der Waals surface area contributed by atoms with Crippen LogP contribution >= 0.6 is 11.3 Å². The number of nitrogens with zero attached hydrogens (tertiary/aromatic N) is 1. The third-order valence-electron chi connectivity index (χ3n) is 3.85. The molecular weight excluding hydrogens is 304 g/mol. The van der Waals surface area contributed by atoms with Crippen LogP contribution in [-0.4, -0.2) is 10.9 Å². The lowest BCUT2D eigenvalue weighted by atomic mass is 9.94. The minimum atomic E-state index is -0.0874. The van der Waals surface area contributed by atoms with E-state index in [-0.39, 0.29) is 11.8 Å². The van der Waals surface area contributed by atoms with Gasteiger partial charge in [0.05, 0.1) is 22.7 Å². The van der Waals surface area contributed by atoms with Crippen LogP contribution in [0.2, 0.25) is 0 Å². The summed E-state index contributed by atoms with van der Waals surface area (Å²) in [6.45, 7) is 2.60. The highest BCUT2D eigenvalue weighted by Gasteiger charge is 2.19. The number of para-hydroxylation sites is 1. The molecular formula is C19H20N2OS. The maximum absolute atomic E-state index is 12.6. The van der Waals surface area contributed by atoms with Crippen molar-refractivity contribution in [3.8, 4) is 0 Å². The maximum Gasteiger partial charge on any atom is 0.227 e. The molecule has 0 aliphatic carbocycles. The second kappa shape index (κ2) is 7.38. The second-order valence-corrected chi connectivity index (χ2v) is 6.66. The zero-order valence-corrected chi connectivity index (χ0v) is 14.0. The zero-order chi connectivity index (χ0) is 16.1. The summed E-state index contributed by atoms with van der Waals surface area (Å²) in [5, 5.41) is 4.00. The molecule has 1 N–H and O–H groups in total. The fourth-order valence-corrected chi connectivity index (χ4v) is 3.61. The quantitative estimate of drug-likeness (QED) is 0.725. The second-order valence-electron chi connectivity index (χ2n) is 5.55.